The van der Waals surface area contributed by atoms with Gasteiger partial charge in [0.1, 0.15) is 29.1 Å². The van der Waals surface area contributed by atoms with Gasteiger partial charge in [-0.15, -0.1) is 0 Å². The van der Waals surface area contributed by atoms with Gasteiger partial charge in [0.05, 0.1) is 31.6 Å². The van der Waals surface area contributed by atoms with Crippen molar-refractivity contribution in [2.75, 3.05) is 41.4 Å². The second-order valence-corrected chi connectivity index (χ2v) is 6.88. The molecule has 1 fully saturated rings. The summed E-state index contributed by atoms with van der Waals surface area (Å²) in [5, 5.41) is 11.1. The summed E-state index contributed by atoms with van der Waals surface area (Å²) in [6.07, 6.45) is 1.47. The first-order valence-corrected chi connectivity index (χ1v) is 9.08. The quantitative estimate of drug-likeness (QED) is 0.433. The van der Waals surface area contributed by atoms with E-state index in [4.69, 9.17) is 13.9 Å². The molecule has 0 spiro atoms. The van der Waals surface area contributed by atoms with Crippen LogP contribution in [0.4, 0.5) is 0 Å². The van der Waals surface area contributed by atoms with Gasteiger partial charge in [0.2, 0.25) is 0 Å². The summed E-state index contributed by atoms with van der Waals surface area (Å²) in [5.41, 5.74) is 0.212. The molecule has 3 rings (SSSR count). The van der Waals surface area contributed by atoms with Gasteiger partial charge in [0.15, 0.2) is 0 Å². The van der Waals surface area contributed by atoms with Crippen LogP contribution in [0.15, 0.2) is 46.6 Å². The molecule has 1 N–H and O–H groups in total. The second kappa shape index (κ2) is 8.40. The van der Waals surface area contributed by atoms with E-state index in [0.29, 0.717) is 30.3 Å². The minimum absolute atomic E-state index is 0.0461. The number of furan rings is 1. The summed E-state index contributed by atoms with van der Waals surface area (Å²) in [5.74, 6) is -0.576. The molecule has 0 aliphatic carbocycles. The summed E-state index contributed by atoms with van der Waals surface area (Å²) in [4.78, 5) is 29.0. The lowest BCUT2D eigenvalue weighted by molar-refractivity contribution is -0.140. The highest BCUT2D eigenvalue weighted by molar-refractivity contribution is 6.46. The average molecular weight is 400 g/mol. The van der Waals surface area contributed by atoms with Crippen molar-refractivity contribution in [1.82, 2.24) is 9.80 Å². The number of carbonyl (C=O) groups is 2. The highest BCUT2D eigenvalue weighted by Crippen LogP contribution is 2.41. The van der Waals surface area contributed by atoms with Crippen molar-refractivity contribution in [3.05, 3.63) is 53.5 Å². The normalized spacial score (nSPS) is 18.5. The molecule has 2 heterocycles. The van der Waals surface area contributed by atoms with E-state index in [1.54, 1.807) is 30.3 Å². The zero-order valence-electron chi connectivity index (χ0n) is 16.8. The van der Waals surface area contributed by atoms with Crippen molar-refractivity contribution in [2.45, 2.75) is 6.04 Å². The van der Waals surface area contributed by atoms with E-state index in [2.05, 4.69) is 0 Å². The van der Waals surface area contributed by atoms with Crippen molar-refractivity contribution < 1.29 is 28.6 Å². The Balaban J connectivity index is 2.17. The minimum Gasteiger partial charge on any atom is -0.507 e. The lowest BCUT2D eigenvalue weighted by Crippen LogP contribution is -2.35. The van der Waals surface area contributed by atoms with Crippen LogP contribution in [0.25, 0.3) is 5.76 Å². The van der Waals surface area contributed by atoms with Crippen molar-refractivity contribution in [1.29, 1.82) is 0 Å². The molecule has 1 aromatic heterocycles. The molecular formula is C21H24N2O6. The Morgan fingerprint density at radius 1 is 1.21 bits per heavy atom. The smallest absolute Gasteiger partial charge is 0.295 e. The van der Waals surface area contributed by atoms with E-state index in [9.17, 15) is 14.7 Å². The summed E-state index contributed by atoms with van der Waals surface area (Å²) < 4.78 is 16.1. The van der Waals surface area contributed by atoms with Gasteiger partial charge in [-0.25, -0.2) is 0 Å². The van der Waals surface area contributed by atoms with Crippen LogP contribution in [0.5, 0.6) is 11.5 Å². The Kier molecular flexibility index (Phi) is 5.93. The number of methoxy groups -OCH3 is 2. The molecule has 2 aromatic rings. The molecule has 29 heavy (non-hydrogen) atoms. The average Bonchev–Trinajstić information content (AvgIpc) is 3.32. The molecule has 1 unspecified atom stereocenters. The Labute approximate surface area is 168 Å². The minimum atomic E-state index is -0.833. The number of likely N-dealkylation sites (tertiary alicyclic amines) is 1. The first-order valence-electron chi connectivity index (χ1n) is 9.08. The fourth-order valence-corrected chi connectivity index (χ4v) is 3.31. The van der Waals surface area contributed by atoms with E-state index in [-0.39, 0.29) is 16.9 Å². The van der Waals surface area contributed by atoms with Crippen LogP contribution in [0.3, 0.4) is 0 Å². The Morgan fingerprint density at radius 2 is 1.97 bits per heavy atom. The number of nitrogens with zero attached hydrogens (tertiary/aromatic N) is 2. The van der Waals surface area contributed by atoms with Crippen LogP contribution in [-0.2, 0) is 9.59 Å². The van der Waals surface area contributed by atoms with Crippen LogP contribution in [0.2, 0.25) is 0 Å². The number of ketones is 1. The fraction of sp³-hybridized carbons (Fsp3) is 0.333. The van der Waals surface area contributed by atoms with Gasteiger partial charge in [-0.3, -0.25) is 9.59 Å². The van der Waals surface area contributed by atoms with Crippen LogP contribution in [0, 0.1) is 0 Å². The van der Waals surface area contributed by atoms with Crippen molar-refractivity contribution >= 4 is 17.4 Å². The zero-order chi connectivity index (χ0) is 21.1. The molecule has 1 aliphatic rings. The largest absolute Gasteiger partial charge is 0.507 e. The van der Waals surface area contributed by atoms with Gasteiger partial charge >= 0.3 is 0 Å². The summed E-state index contributed by atoms with van der Waals surface area (Å²) >= 11 is 0. The van der Waals surface area contributed by atoms with Gasteiger partial charge in [-0.1, -0.05) is 0 Å². The van der Waals surface area contributed by atoms with Crippen molar-refractivity contribution in [2.24, 2.45) is 0 Å². The van der Waals surface area contributed by atoms with Crippen molar-refractivity contribution in [3.8, 4) is 11.5 Å². The van der Waals surface area contributed by atoms with Gasteiger partial charge < -0.3 is 28.8 Å². The molecule has 1 aromatic carbocycles. The van der Waals surface area contributed by atoms with Crippen LogP contribution in [-0.4, -0.2) is 68.0 Å². The number of rotatable bonds is 7. The number of hydrogen-bond donors (Lipinski definition) is 1. The predicted octanol–water partition coefficient (Wildman–Crippen LogP) is 2.28. The number of hydrogen-bond acceptors (Lipinski definition) is 7. The first-order chi connectivity index (χ1) is 13.9. The Bertz CT molecular complexity index is 933. The maximum atomic E-state index is 12.9. The molecule has 1 atom stereocenters. The number of ether oxygens (including phenoxy) is 2. The van der Waals surface area contributed by atoms with Crippen LogP contribution in [0.1, 0.15) is 17.4 Å². The van der Waals surface area contributed by atoms with Crippen LogP contribution < -0.4 is 9.47 Å². The molecule has 0 saturated carbocycles. The first kappa shape index (κ1) is 20.5. The molecule has 8 nitrogen and oxygen atoms in total. The van der Waals surface area contributed by atoms with Gasteiger partial charge in [0, 0.05) is 13.1 Å². The third-order valence-corrected chi connectivity index (χ3v) is 4.80. The SMILES string of the molecule is COc1ccc(OC)c(/C(O)=C2/C(=O)C(=O)N(CCN(C)C)C2c2ccco2)c1. The molecule has 1 aliphatic heterocycles. The topological polar surface area (TPSA) is 92.4 Å². The maximum absolute atomic E-state index is 12.9. The number of aliphatic hydroxyl groups excluding tert-OH is 1. The molecule has 1 amide bonds. The molecular weight excluding hydrogens is 376 g/mol. The van der Waals surface area contributed by atoms with E-state index >= 15 is 0 Å². The lowest BCUT2D eigenvalue weighted by atomic mass is 9.98. The highest BCUT2D eigenvalue weighted by atomic mass is 16.5. The standard InChI is InChI=1S/C21H24N2O6/c1-22(2)9-10-23-18(16-6-5-11-29-16)17(20(25)21(23)26)19(24)14-12-13(27-3)7-8-15(14)28-4/h5-8,11-12,18,24H,9-10H2,1-4H3/b19-17-. The summed E-state index contributed by atoms with van der Waals surface area (Å²) in [7, 11) is 6.70. The predicted molar refractivity (Wildman–Crippen MR) is 106 cm³/mol. The third kappa shape index (κ3) is 3.84. The van der Waals surface area contributed by atoms with E-state index in [1.165, 1.54) is 25.4 Å². The van der Waals surface area contributed by atoms with Crippen LogP contribution >= 0.6 is 0 Å². The molecule has 8 heteroatoms. The number of carbonyl (C=O) groups excluding carboxylic acids is 2. The molecule has 0 bridgehead atoms. The lowest BCUT2D eigenvalue weighted by Gasteiger charge is -2.24. The van der Waals surface area contributed by atoms with E-state index in [1.807, 2.05) is 19.0 Å². The molecule has 1 saturated heterocycles. The highest BCUT2D eigenvalue weighted by Gasteiger charge is 2.47. The zero-order valence-corrected chi connectivity index (χ0v) is 16.8. The van der Waals surface area contributed by atoms with Crippen molar-refractivity contribution in [3.63, 3.8) is 0 Å². The second-order valence-electron chi connectivity index (χ2n) is 6.88. The number of aliphatic hydroxyl groups is 1. The number of amides is 1. The fourth-order valence-electron chi connectivity index (χ4n) is 3.31. The summed E-state index contributed by atoms with van der Waals surface area (Å²) in [6, 6.07) is 7.37. The van der Waals surface area contributed by atoms with Gasteiger partial charge in [-0.05, 0) is 44.4 Å². The van der Waals surface area contributed by atoms with Gasteiger partial charge in [0.25, 0.3) is 11.7 Å². The Morgan fingerprint density at radius 3 is 2.55 bits per heavy atom. The van der Waals surface area contributed by atoms with E-state index in [0.717, 1.165) is 0 Å². The van der Waals surface area contributed by atoms with E-state index < -0.39 is 17.7 Å². The number of Topliss-reactive ketones (excluding diaryl/α,β-unsaturated/α-hetero) is 1. The summed E-state index contributed by atoms with van der Waals surface area (Å²) in [6.45, 7) is 0.849. The van der Waals surface area contributed by atoms with Gasteiger partial charge in [-0.2, -0.15) is 0 Å². The number of likely N-dealkylation sites (N-methyl/N-ethyl adjacent to an activating group) is 1. The molecule has 154 valence electrons. The monoisotopic (exact) mass is 400 g/mol. The third-order valence-electron chi connectivity index (χ3n) is 4.80. The Hall–Kier alpha value is -3.26. The maximum Gasteiger partial charge on any atom is 0.295 e. The molecule has 0 radical (unpaired) electrons. The number of benzene rings is 1.